The van der Waals surface area contributed by atoms with Gasteiger partial charge in [0.15, 0.2) is 0 Å². The Bertz CT molecular complexity index is 761. The molecule has 0 radical (unpaired) electrons. The lowest BCUT2D eigenvalue weighted by atomic mass is 10.1. The lowest BCUT2D eigenvalue weighted by molar-refractivity contribution is -0.132. The summed E-state index contributed by atoms with van der Waals surface area (Å²) in [7, 11) is 0. The summed E-state index contributed by atoms with van der Waals surface area (Å²) in [6.45, 7) is 2.70. The van der Waals surface area contributed by atoms with Crippen LogP contribution >= 0.6 is 0 Å². The van der Waals surface area contributed by atoms with E-state index in [0.717, 1.165) is 37.2 Å². The Hall–Kier alpha value is -2.69. The van der Waals surface area contributed by atoms with E-state index < -0.39 is 0 Å². The van der Waals surface area contributed by atoms with Crippen LogP contribution in [0.4, 0.5) is 0 Å². The van der Waals surface area contributed by atoms with Crippen molar-refractivity contribution in [1.29, 1.82) is 0 Å². The Labute approximate surface area is 154 Å². The van der Waals surface area contributed by atoms with Crippen LogP contribution in [0.5, 0.6) is 0 Å². The van der Waals surface area contributed by atoms with Gasteiger partial charge in [0.2, 0.25) is 11.8 Å². The minimum atomic E-state index is -0.0733. The van der Waals surface area contributed by atoms with Crippen molar-refractivity contribution in [2.24, 2.45) is 0 Å². The first kappa shape index (κ1) is 18.1. The Morgan fingerprint density at radius 2 is 1.96 bits per heavy atom. The molecule has 1 atom stereocenters. The number of likely N-dealkylation sites (tertiary alicyclic amines) is 1. The minimum Gasteiger partial charge on any atom is -0.351 e. The molecular weight excluding hydrogens is 326 g/mol. The fraction of sp³-hybridized carbons (Fsp3) is 0.381. The summed E-state index contributed by atoms with van der Waals surface area (Å²) in [6.07, 6.45) is 3.22. The molecule has 0 spiro atoms. The lowest BCUT2D eigenvalue weighted by Gasteiger charge is -2.25. The molecule has 3 rings (SSSR count). The summed E-state index contributed by atoms with van der Waals surface area (Å²) in [5.41, 5.74) is 2.92. The van der Waals surface area contributed by atoms with Gasteiger partial charge in [-0.3, -0.25) is 14.6 Å². The molecule has 0 bridgehead atoms. The van der Waals surface area contributed by atoms with Crippen LogP contribution in [0.1, 0.15) is 49.2 Å². The molecule has 1 N–H and O–H groups in total. The highest BCUT2D eigenvalue weighted by molar-refractivity contribution is 5.77. The van der Waals surface area contributed by atoms with Gasteiger partial charge < -0.3 is 10.2 Å². The molecule has 0 aliphatic carbocycles. The van der Waals surface area contributed by atoms with E-state index in [0.29, 0.717) is 13.0 Å². The summed E-state index contributed by atoms with van der Waals surface area (Å²) in [5, 5.41) is 2.77. The number of nitrogens with zero attached hydrogens (tertiary/aromatic N) is 2. The third kappa shape index (κ3) is 4.69. The molecule has 136 valence electrons. The van der Waals surface area contributed by atoms with Crippen molar-refractivity contribution in [3.05, 3.63) is 65.5 Å². The van der Waals surface area contributed by atoms with E-state index in [2.05, 4.69) is 22.4 Å². The van der Waals surface area contributed by atoms with Crippen molar-refractivity contribution < 1.29 is 9.59 Å². The highest BCUT2D eigenvalue weighted by Crippen LogP contribution is 2.31. The monoisotopic (exact) mass is 351 g/mol. The zero-order valence-corrected chi connectivity index (χ0v) is 15.1. The summed E-state index contributed by atoms with van der Waals surface area (Å²) >= 11 is 0. The van der Waals surface area contributed by atoms with E-state index in [1.807, 2.05) is 41.3 Å². The second-order valence-electron chi connectivity index (χ2n) is 6.69. The summed E-state index contributed by atoms with van der Waals surface area (Å²) < 4.78 is 0. The third-order valence-electron chi connectivity index (χ3n) is 4.73. The first-order chi connectivity index (χ1) is 12.6. The van der Waals surface area contributed by atoms with Crippen LogP contribution in [-0.2, 0) is 22.6 Å². The Balaban J connectivity index is 1.64. The number of carbonyl (C=O) groups is 2. The topological polar surface area (TPSA) is 62.3 Å². The standard InChI is InChI=1S/C21H25N3O2/c1-16(25)22-15-18-9-5-10-19(23-18)20-11-6-14-24(20)21(26)13-12-17-7-3-2-4-8-17/h2-5,7-10,20H,6,11-15H2,1H3,(H,22,25)/t20-/m1/s1. The number of aryl methyl sites for hydroxylation is 1. The molecule has 2 amide bonds. The van der Waals surface area contributed by atoms with Crippen LogP contribution in [0.3, 0.4) is 0 Å². The maximum absolute atomic E-state index is 12.7. The van der Waals surface area contributed by atoms with E-state index in [9.17, 15) is 9.59 Å². The largest absolute Gasteiger partial charge is 0.351 e. The molecule has 26 heavy (non-hydrogen) atoms. The predicted molar refractivity (Wildman–Crippen MR) is 100 cm³/mol. The molecular formula is C21H25N3O2. The van der Waals surface area contributed by atoms with Gasteiger partial charge in [0.1, 0.15) is 0 Å². The Kier molecular flexibility index (Phi) is 6.00. The fourth-order valence-electron chi connectivity index (χ4n) is 3.41. The molecule has 0 saturated carbocycles. The molecule has 5 nitrogen and oxygen atoms in total. The number of rotatable bonds is 6. The first-order valence-electron chi connectivity index (χ1n) is 9.17. The number of hydrogen-bond donors (Lipinski definition) is 1. The van der Waals surface area contributed by atoms with Gasteiger partial charge in [0.25, 0.3) is 0 Å². The normalized spacial score (nSPS) is 16.5. The molecule has 1 saturated heterocycles. The molecule has 1 fully saturated rings. The molecule has 1 aliphatic heterocycles. The van der Waals surface area contributed by atoms with Crippen LogP contribution in [-0.4, -0.2) is 28.2 Å². The second kappa shape index (κ2) is 8.61. The van der Waals surface area contributed by atoms with Crippen LogP contribution in [0, 0.1) is 0 Å². The molecule has 2 aromatic rings. The highest BCUT2D eigenvalue weighted by atomic mass is 16.2. The second-order valence-corrected chi connectivity index (χ2v) is 6.69. The number of amides is 2. The predicted octanol–water partition coefficient (Wildman–Crippen LogP) is 3.01. The minimum absolute atomic E-state index is 0.0375. The van der Waals surface area contributed by atoms with Gasteiger partial charge in [0.05, 0.1) is 24.0 Å². The highest BCUT2D eigenvalue weighted by Gasteiger charge is 2.30. The van der Waals surface area contributed by atoms with E-state index in [1.165, 1.54) is 12.5 Å². The van der Waals surface area contributed by atoms with Crippen molar-refractivity contribution in [2.75, 3.05) is 6.54 Å². The number of hydrogen-bond acceptors (Lipinski definition) is 3. The molecule has 1 aromatic carbocycles. The van der Waals surface area contributed by atoms with E-state index in [4.69, 9.17) is 0 Å². The van der Waals surface area contributed by atoms with Crippen LogP contribution in [0.2, 0.25) is 0 Å². The van der Waals surface area contributed by atoms with Gasteiger partial charge in [-0.05, 0) is 37.0 Å². The molecule has 2 heterocycles. The van der Waals surface area contributed by atoms with Crippen molar-refractivity contribution in [3.63, 3.8) is 0 Å². The number of aromatic nitrogens is 1. The fourth-order valence-corrected chi connectivity index (χ4v) is 3.41. The number of carbonyl (C=O) groups excluding carboxylic acids is 2. The summed E-state index contributed by atoms with van der Waals surface area (Å²) in [4.78, 5) is 30.5. The van der Waals surface area contributed by atoms with Crippen molar-refractivity contribution in [2.45, 2.75) is 45.2 Å². The van der Waals surface area contributed by atoms with Gasteiger partial charge in [-0.15, -0.1) is 0 Å². The number of pyridine rings is 1. The van der Waals surface area contributed by atoms with E-state index in [-0.39, 0.29) is 17.9 Å². The summed E-state index contributed by atoms with van der Waals surface area (Å²) in [6, 6.07) is 16.0. The van der Waals surface area contributed by atoms with Gasteiger partial charge in [-0.2, -0.15) is 0 Å². The molecule has 5 heteroatoms. The van der Waals surface area contributed by atoms with Crippen LogP contribution in [0.25, 0.3) is 0 Å². The van der Waals surface area contributed by atoms with Crippen LogP contribution < -0.4 is 5.32 Å². The van der Waals surface area contributed by atoms with Crippen molar-refractivity contribution in [1.82, 2.24) is 15.2 Å². The number of benzene rings is 1. The molecule has 1 aliphatic rings. The maximum Gasteiger partial charge on any atom is 0.223 e. The molecule has 1 aromatic heterocycles. The third-order valence-corrected chi connectivity index (χ3v) is 4.73. The average molecular weight is 351 g/mol. The smallest absolute Gasteiger partial charge is 0.223 e. The van der Waals surface area contributed by atoms with Crippen LogP contribution in [0.15, 0.2) is 48.5 Å². The lowest BCUT2D eigenvalue weighted by Crippen LogP contribution is -2.31. The van der Waals surface area contributed by atoms with Gasteiger partial charge in [-0.25, -0.2) is 0 Å². The van der Waals surface area contributed by atoms with Gasteiger partial charge in [-0.1, -0.05) is 36.4 Å². The molecule has 0 unspecified atom stereocenters. The first-order valence-corrected chi connectivity index (χ1v) is 9.17. The van der Waals surface area contributed by atoms with Gasteiger partial charge in [0, 0.05) is 19.9 Å². The average Bonchev–Trinajstić information content (AvgIpc) is 3.15. The van der Waals surface area contributed by atoms with E-state index in [1.54, 1.807) is 0 Å². The zero-order chi connectivity index (χ0) is 18.4. The van der Waals surface area contributed by atoms with Crippen molar-refractivity contribution >= 4 is 11.8 Å². The van der Waals surface area contributed by atoms with Gasteiger partial charge >= 0.3 is 0 Å². The van der Waals surface area contributed by atoms with E-state index >= 15 is 0 Å². The zero-order valence-electron chi connectivity index (χ0n) is 15.1. The van der Waals surface area contributed by atoms with Crippen molar-refractivity contribution in [3.8, 4) is 0 Å². The maximum atomic E-state index is 12.7. The summed E-state index contributed by atoms with van der Waals surface area (Å²) in [5.74, 6) is 0.112. The number of nitrogens with one attached hydrogen (secondary N) is 1. The SMILES string of the molecule is CC(=O)NCc1cccc([C@H]2CCCN2C(=O)CCc2ccccc2)n1. The Morgan fingerprint density at radius 3 is 2.73 bits per heavy atom. The quantitative estimate of drug-likeness (QED) is 0.870. The Morgan fingerprint density at radius 1 is 1.15 bits per heavy atom.